The van der Waals surface area contributed by atoms with Gasteiger partial charge in [0.1, 0.15) is 13.2 Å². The summed E-state index contributed by atoms with van der Waals surface area (Å²) >= 11 is 0. The van der Waals surface area contributed by atoms with E-state index in [9.17, 15) is 14.4 Å². The molecule has 1 atom stereocenters. The zero-order valence-electron chi connectivity index (χ0n) is 54.9. The molecule has 1 unspecified atom stereocenters. The lowest BCUT2D eigenvalue weighted by Gasteiger charge is -2.18. The highest BCUT2D eigenvalue weighted by Gasteiger charge is 2.19. The second-order valence-electron chi connectivity index (χ2n) is 23.8. The molecule has 0 radical (unpaired) electrons. The first kappa shape index (κ1) is 79.3. The van der Waals surface area contributed by atoms with Crippen LogP contribution in [-0.4, -0.2) is 37.2 Å². The molecule has 0 aromatic rings. The van der Waals surface area contributed by atoms with E-state index in [4.69, 9.17) is 14.2 Å². The molecule has 6 heteroatoms. The second kappa shape index (κ2) is 70.8. The Kier molecular flexibility index (Phi) is 67.7. The van der Waals surface area contributed by atoms with Crippen LogP contribution in [0.4, 0.5) is 0 Å². The van der Waals surface area contributed by atoms with E-state index in [0.717, 1.165) is 89.9 Å². The van der Waals surface area contributed by atoms with Crippen molar-refractivity contribution in [3.63, 3.8) is 0 Å². The molecule has 0 aromatic carbocycles. The van der Waals surface area contributed by atoms with E-state index in [1.165, 1.54) is 218 Å². The zero-order chi connectivity index (χ0) is 59.9. The van der Waals surface area contributed by atoms with Crippen molar-refractivity contribution in [1.82, 2.24) is 0 Å². The van der Waals surface area contributed by atoms with E-state index in [-0.39, 0.29) is 37.5 Å². The third-order valence-corrected chi connectivity index (χ3v) is 15.5. The summed E-state index contributed by atoms with van der Waals surface area (Å²) in [7, 11) is 0. The standard InChI is InChI=1S/C77H134O6/c1-4-7-10-13-16-19-22-25-28-31-32-33-34-35-36-37-38-39-40-41-42-43-44-47-49-52-55-58-61-64-67-70-76(79)82-73-74(83-77(80)71-68-65-62-59-56-53-50-46-30-27-24-21-18-15-12-9-6-3)72-81-75(78)69-66-63-60-57-54-51-48-45-29-26-23-20-17-14-11-8-5-2/h9,12,17-18,20-21,26-27,29-32,50,53,59,62,74H,4-8,10-11,13-16,19,22-25,28,33-49,51-52,54-58,60-61,63-73H2,1-3H3/b12-9-,20-17-,21-18-,29-26-,30-27-,32-31-,53-50-,62-59-. The van der Waals surface area contributed by atoms with Crippen molar-refractivity contribution in [3.8, 4) is 0 Å². The number of ether oxygens (including phenoxy) is 3. The van der Waals surface area contributed by atoms with Crippen LogP contribution in [0.3, 0.4) is 0 Å². The first-order valence-electron chi connectivity index (χ1n) is 35.7. The van der Waals surface area contributed by atoms with E-state index in [1.54, 1.807) is 0 Å². The molecule has 0 N–H and O–H groups in total. The molecular formula is C77H134O6. The van der Waals surface area contributed by atoms with Crippen molar-refractivity contribution in [1.29, 1.82) is 0 Å². The van der Waals surface area contributed by atoms with Gasteiger partial charge in [0.15, 0.2) is 6.10 Å². The average molecular weight is 1160 g/mol. The van der Waals surface area contributed by atoms with Gasteiger partial charge in [-0.2, -0.15) is 0 Å². The van der Waals surface area contributed by atoms with Gasteiger partial charge in [0, 0.05) is 19.3 Å². The SMILES string of the molecule is CC/C=C\C/C=C\C/C=C\C/C=C\C/C=C\CCCC(=O)OC(COC(=O)CCCCCCCCC/C=C\C/C=C\CCCCC)COC(=O)CCCCCCCCCCCCCCCCCCCCC/C=C\CCCCCCCCCC. The number of rotatable bonds is 65. The minimum absolute atomic E-state index is 0.101. The molecule has 0 amide bonds. The summed E-state index contributed by atoms with van der Waals surface area (Å²) in [4.78, 5) is 38.4. The molecule has 0 rings (SSSR count). The van der Waals surface area contributed by atoms with Crippen LogP contribution < -0.4 is 0 Å². The minimum atomic E-state index is -0.812. The van der Waals surface area contributed by atoms with E-state index < -0.39 is 6.10 Å². The average Bonchev–Trinajstić information content (AvgIpc) is 3.50. The fourth-order valence-electron chi connectivity index (χ4n) is 10.2. The Morgan fingerprint density at radius 1 is 0.253 bits per heavy atom. The monoisotopic (exact) mass is 1160 g/mol. The summed E-state index contributed by atoms with van der Waals surface area (Å²) in [6, 6.07) is 0. The Morgan fingerprint density at radius 2 is 0.482 bits per heavy atom. The molecule has 0 spiro atoms. The summed E-state index contributed by atoms with van der Waals surface area (Å²) in [6.07, 6.45) is 96.0. The lowest BCUT2D eigenvalue weighted by atomic mass is 10.0. The summed E-state index contributed by atoms with van der Waals surface area (Å²) in [5.74, 6) is -0.953. The van der Waals surface area contributed by atoms with E-state index in [1.807, 2.05) is 0 Å². The number of unbranched alkanes of at least 4 members (excludes halogenated alkanes) is 38. The molecule has 0 aromatic heterocycles. The molecule has 0 fully saturated rings. The molecule has 0 heterocycles. The van der Waals surface area contributed by atoms with Crippen LogP contribution in [-0.2, 0) is 28.6 Å². The van der Waals surface area contributed by atoms with E-state index in [0.29, 0.717) is 19.3 Å². The highest BCUT2D eigenvalue weighted by atomic mass is 16.6. The highest BCUT2D eigenvalue weighted by Crippen LogP contribution is 2.17. The maximum atomic E-state index is 12.9. The third kappa shape index (κ3) is 69.0. The van der Waals surface area contributed by atoms with Crippen molar-refractivity contribution >= 4 is 17.9 Å². The maximum Gasteiger partial charge on any atom is 0.306 e. The van der Waals surface area contributed by atoms with Crippen molar-refractivity contribution in [2.45, 2.75) is 361 Å². The molecule has 0 aliphatic carbocycles. The lowest BCUT2D eigenvalue weighted by Crippen LogP contribution is -2.30. The molecule has 478 valence electrons. The van der Waals surface area contributed by atoms with Gasteiger partial charge in [-0.15, -0.1) is 0 Å². The smallest absolute Gasteiger partial charge is 0.306 e. The summed E-state index contributed by atoms with van der Waals surface area (Å²) < 4.78 is 16.9. The van der Waals surface area contributed by atoms with Crippen LogP contribution in [0, 0.1) is 0 Å². The number of hydrogen-bond donors (Lipinski definition) is 0. The van der Waals surface area contributed by atoms with Crippen LogP contribution in [0.1, 0.15) is 355 Å². The van der Waals surface area contributed by atoms with Gasteiger partial charge in [-0.05, 0) is 116 Å². The molecule has 0 aliphatic rings. The maximum absolute atomic E-state index is 12.9. The van der Waals surface area contributed by atoms with Crippen LogP contribution in [0.2, 0.25) is 0 Å². The molecule has 6 nitrogen and oxygen atoms in total. The molecule has 0 saturated carbocycles. The normalized spacial score (nSPS) is 12.7. The van der Waals surface area contributed by atoms with Crippen molar-refractivity contribution in [2.24, 2.45) is 0 Å². The van der Waals surface area contributed by atoms with Gasteiger partial charge in [-0.1, -0.05) is 317 Å². The number of esters is 3. The fraction of sp³-hybridized carbons (Fsp3) is 0.753. The van der Waals surface area contributed by atoms with Crippen LogP contribution in [0.25, 0.3) is 0 Å². The van der Waals surface area contributed by atoms with Gasteiger partial charge in [-0.25, -0.2) is 0 Å². The summed E-state index contributed by atoms with van der Waals surface area (Å²) in [6.45, 7) is 6.49. The summed E-state index contributed by atoms with van der Waals surface area (Å²) in [5.41, 5.74) is 0. The van der Waals surface area contributed by atoms with E-state index in [2.05, 4.69) is 118 Å². The third-order valence-electron chi connectivity index (χ3n) is 15.5. The predicted molar refractivity (Wildman–Crippen MR) is 362 cm³/mol. The van der Waals surface area contributed by atoms with Gasteiger partial charge in [0.05, 0.1) is 0 Å². The molecule has 0 saturated heterocycles. The van der Waals surface area contributed by atoms with Gasteiger partial charge in [0.2, 0.25) is 0 Å². The number of hydrogen-bond acceptors (Lipinski definition) is 6. The topological polar surface area (TPSA) is 78.9 Å². The van der Waals surface area contributed by atoms with Crippen molar-refractivity contribution < 1.29 is 28.6 Å². The van der Waals surface area contributed by atoms with Crippen LogP contribution >= 0.6 is 0 Å². The Hall–Kier alpha value is -3.67. The van der Waals surface area contributed by atoms with Crippen molar-refractivity contribution in [2.75, 3.05) is 13.2 Å². The van der Waals surface area contributed by atoms with Crippen LogP contribution in [0.15, 0.2) is 97.2 Å². The van der Waals surface area contributed by atoms with E-state index >= 15 is 0 Å². The van der Waals surface area contributed by atoms with Gasteiger partial charge < -0.3 is 14.2 Å². The zero-order valence-corrected chi connectivity index (χ0v) is 54.9. The number of carbonyl (C=O) groups is 3. The molecular weight excluding hydrogens is 1020 g/mol. The quantitative estimate of drug-likeness (QED) is 0.0261. The largest absolute Gasteiger partial charge is 0.462 e. The van der Waals surface area contributed by atoms with Crippen molar-refractivity contribution in [3.05, 3.63) is 97.2 Å². The lowest BCUT2D eigenvalue weighted by molar-refractivity contribution is -0.167. The first-order valence-corrected chi connectivity index (χ1v) is 35.7. The number of allylic oxidation sites excluding steroid dienone is 16. The summed E-state index contributed by atoms with van der Waals surface area (Å²) in [5, 5.41) is 0. The molecule has 83 heavy (non-hydrogen) atoms. The van der Waals surface area contributed by atoms with Crippen LogP contribution in [0.5, 0.6) is 0 Å². The fourth-order valence-corrected chi connectivity index (χ4v) is 10.2. The Bertz CT molecular complexity index is 1610. The minimum Gasteiger partial charge on any atom is -0.462 e. The first-order chi connectivity index (χ1) is 41.0. The Balaban J connectivity index is 4.27. The Labute approximate surface area is 515 Å². The second-order valence-corrected chi connectivity index (χ2v) is 23.8. The molecule has 0 aliphatic heterocycles. The van der Waals surface area contributed by atoms with Gasteiger partial charge in [0.25, 0.3) is 0 Å². The predicted octanol–water partition coefficient (Wildman–Crippen LogP) is 24.8. The Morgan fingerprint density at radius 3 is 0.807 bits per heavy atom. The van der Waals surface area contributed by atoms with Gasteiger partial charge >= 0.3 is 17.9 Å². The number of carbonyl (C=O) groups excluding carboxylic acids is 3. The highest BCUT2D eigenvalue weighted by molar-refractivity contribution is 5.71. The van der Waals surface area contributed by atoms with Gasteiger partial charge in [-0.3, -0.25) is 14.4 Å². The molecule has 0 bridgehead atoms.